The molecule has 0 radical (unpaired) electrons. The SMILES string of the molecule is CCOc1cc(C(=O)OC)nc2c(F)ccc(Br)c12. The number of fused-ring (bicyclic) bond motifs is 1. The highest BCUT2D eigenvalue weighted by Gasteiger charge is 2.17. The van der Waals surface area contributed by atoms with Gasteiger partial charge >= 0.3 is 5.97 Å². The zero-order valence-corrected chi connectivity index (χ0v) is 12.0. The van der Waals surface area contributed by atoms with Gasteiger partial charge in [-0.15, -0.1) is 0 Å². The fraction of sp³-hybridized carbons (Fsp3) is 0.231. The summed E-state index contributed by atoms with van der Waals surface area (Å²) in [5.41, 5.74) is 0.0798. The number of hydrogen-bond donors (Lipinski definition) is 0. The van der Waals surface area contributed by atoms with Gasteiger partial charge in [0.1, 0.15) is 17.1 Å². The van der Waals surface area contributed by atoms with Crippen LogP contribution in [0.25, 0.3) is 10.9 Å². The summed E-state index contributed by atoms with van der Waals surface area (Å²) >= 11 is 3.33. The molecule has 0 N–H and O–H groups in total. The van der Waals surface area contributed by atoms with Crippen LogP contribution < -0.4 is 4.74 Å². The Morgan fingerprint density at radius 2 is 2.21 bits per heavy atom. The monoisotopic (exact) mass is 327 g/mol. The second kappa shape index (κ2) is 5.52. The minimum atomic E-state index is -0.637. The van der Waals surface area contributed by atoms with Crippen LogP contribution in [0.2, 0.25) is 0 Å². The van der Waals surface area contributed by atoms with Gasteiger partial charge in [0.05, 0.1) is 19.1 Å². The molecule has 1 aromatic carbocycles. The van der Waals surface area contributed by atoms with Gasteiger partial charge in [-0.05, 0) is 35.0 Å². The number of carbonyl (C=O) groups excluding carboxylic acids is 1. The lowest BCUT2D eigenvalue weighted by Crippen LogP contribution is -2.06. The summed E-state index contributed by atoms with van der Waals surface area (Å²) in [7, 11) is 1.24. The standard InChI is InChI=1S/C13H11BrFNO3/c1-3-19-10-6-9(13(17)18-2)16-12-8(15)5-4-7(14)11(10)12/h4-6H,3H2,1-2H3. The molecule has 2 aromatic rings. The summed E-state index contributed by atoms with van der Waals surface area (Å²) in [4.78, 5) is 15.5. The molecule has 4 nitrogen and oxygen atoms in total. The van der Waals surface area contributed by atoms with Gasteiger partial charge in [-0.3, -0.25) is 0 Å². The highest BCUT2D eigenvalue weighted by atomic mass is 79.9. The van der Waals surface area contributed by atoms with Crippen molar-refractivity contribution < 1.29 is 18.7 Å². The first-order valence-corrected chi connectivity index (χ1v) is 6.37. The van der Waals surface area contributed by atoms with Gasteiger partial charge in [0.2, 0.25) is 0 Å². The predicted octanol–water partition coefficient (Wildman–Crippen LogP) is 3.32. The Morgan fingerprint density at radius 3 is 2.84 bits per heavy atom. The molecule has 2 rings (SSSR count). The van der Waals surface area contributed by atoms with E-state index in [4.69, 9.17) is 4.74 Å². The van der Waals surface area contributed by atoms with E-state index < -0.39 is 11.8 Å². The molecule has 0 saturated heterocycles. The molecule has 6 heteroatoms. The first-order chi connectivity index (χ1) is 9.08. The van der Waals surface area contributed by atoms with Gasteiger partial charge in [-0.25, -0.2) is 14.2 Å². The third-order valence-corrected chi connectivity index (χ3v) is 3.18. The van der Waals surface area contributed by atoms with E-state index in [1.54, 1.807) is 13.0 Å². The number of carbonyl (C=O) groups is 1. The Labute approximate surface area is 117 Å². The number of esters is 1. The molecule has 1 heterocycles. The van der Waals surface area contributed by atoms with Crippen LogP contribution in [-0.4, -0.2) is 24.7 Å². The van der Waals surface area contributed by atoms with Crippen molar-refractivity contribution in [1.82, 2.24) is 4.98 Å². The summed E-state index contributed by atoms with van der Waals surface area (Å²) in [5, 5.41) is 0.495. The molecule has 0 aliphatic carbocycles. The zero-order chi connectivity index (χ0) is 14.0. The number of hydrogen-bond acceptors (Lipinski definition) is 4. The molecule has 100 valence electrons. The third-order valence-electron chi connectivity index (χ3n) is 2.52. The Bertz CT molecular complexity index is 645. The number of aromatic nitrogens is 1. The maximum atomic E-state index is 13.8. The number of methoxy groups -OCH3 is 1. The quantitative estimate of drug-likeness (QED) is 0.811. The van der Waals surface area contributed by atoms with E-state index in [0.29, 0.717) is 22.2 Å². The number of benzene rings is 1. The van der Waals surface area contributed by atoms with Crippen LogP contribution in [-0.2, 0) is 4.74 Å². The molecule has 0 atom stereocenters. The molecule has 0 saturated carbocycles. The van der Waals surface area contributed by atoms with Crippen molar-refractivity contribution >= 4 is 32.8 Å². The first-order valence-electron chi connectivity index (χ1n) is 5.58. The molecule has 0 fully saturated rings. The fourth-order valence-corrected chi connectivity index (χ4v) is 2.23. The Kier molecular flexibility index (Phi) is 3.99. The maximum Gasteiger partial charge on any atom is 0.356 e. The van der Waals surface area contributed by atoms with Gasteiger partial charge in [0.25, 0.3) is 0 Å². The van der Waals surface area contributed by atoms with Crippen molar-refractivity contribution in [2.45, 2.75) is 6.92 Å². The third kappa shape index (κ3) is 2.53. The number of rotatable bonds is 3. The molecular formula is C13H11BrFNO3. The largest absolute Gasteiger partial charge is 0.493 e. The summed E-state index contributed by atoms with van der Waals surface area (Å²) < 4.78 is 24.5. The van der Waals surface area contributed by atoms with Crippen LogP contribution in [0.5, 0.6) is 5.75 Å². The number of ether oxygens (including phenoxy) is 2. The van der Waals surface area contributed by atoms with Crippen LogP contribution in [0.3, 0.4) is 0 Å². The number of pyridine rings is 1. The molecule has 0 amide bonds. The minimum absolute atomic E-state index is 0.00968. The lowest BCUT2D eigenvalue weighted by atomic mass is 10.1. The molecule has 0 bridgehead atoms. The number of nitrogens with zero attached hydrogens (tertiary/aromatic N) is 1. The topological polar surface area (TPSA) is 48.4 Å². The first kappa shape index (κ1) is 13.7. The summed E-state index contributed by atoms with van der Waals surface area (Å²) in [6.45, 7) is 2.19. The average molecular weight is 328 g/mol. The van der Waals surface area contributed by atoms with E-state index in [9.17, 15) is 9.18 Å². The Morgan fingerprint density at radius 1 is 1.47 bits per heavy atom. The molecule has 19 heavy (non-hydrogen) atoms. The van der Waals surface area contributed by atoms with E-state index >= 15 is 0 Å². The average Bonchev–Trinajstić information content (AvgIpc) is 2.42. The van der Waals surface area contributed by atoms with Crippen molar-refractivity contribution in [2.75, 3.05) is 13.7 Å². The molecule has 0 aliphatic rings. The van der Waals surface area contributed by atoms with Gasteiger partial charge in [-0.2, -0.15) is 0 Å². The van der Waals surface area contributed by atoms with Gasteiger partial charge in [-0.1, -0.05) is 0 Å². The van der Waals surface area contributed by atoms with Gasteiger partial charge < -0.3 is 9.47 Å². The minimum Gasteiger partial charge on any atom is -0.493 e. The summed E-state index contributed by atoms with van der Waals surface area (Å²) in [6, 6.07) is 4.29. The Balaban J connectivity index is 2.79. The fourth-order valence-electron chi connectivity index (χ4n) is 1.71. The predicted molar refractivity (Wildman–Crippen MR) is 71.9 cm³/mol. The van der Waals surface area contributed by atoms with Crippen molar-refractivity contribution in [2.24, 2.45) is 0 Å². The highest BCUT2D eigenvalue weighted by Crippen LogP contribution is 2.33. The van der Waals surface area contributed by atoms with Crippen LogP contribution in [0, 0.1) is 5.82 Å². The van der Waals surface area contributed by atoms with Crippen LogP contribution in [0.1, 0.15) is 17.4 Å². The van der Waals surface area contributed by atoms with Crippen molar-refractivity contribution in [3.63, 3.8) is 0 Å². The van der Waals surface area contributed by atoms with Crippen LogP contribution >= 0.6 is 15.9 Å². The van der Waals surface area contributed by atoms with Crippen molar-refractivity contribution in [1.29, 1.82) is 0 Å². The normalized spacial score (nSPS) is 10.5. The Hall–Kier alpha value is -1.69. The highest BCUT2D eigenvalue weighted by molar-refractivity contribution is 9.10. The molecular weight excluding hydrogens is 317 g/mol. The van der Waals surface area contributed by atoms with Crippen LogP contribution in [0.15, 0.2) is 22.7 Å². The lowest BCUT2D eigenvalue weighted by Gasteiger charge is -2.11. The molecule has 0 unspecified atom stereocenters. The van der Waals surface area contributed by atoms with E-state index in [0.717, 1.165) is 0 Å². The van der Waals surface area contributed by atoms with Crippen LogP contribution in [0.4, 0.5) is 4.39 Å². The summed E-state index contributed by atoms with van der Waals surface area (Å²) in [5.74, 6) is -0.772. The second-order valence-corrected chi connectivity index (χ2v) is 4.54. The molecule has 0 aliphatic heterocycles. The molecule has 0 spiro atoms. The van der Waals surface area contributed by atoms with Gasteiger partial charge in [0, 0.05) is 10.5 Å². The van der Waals surface area contributed by atoms with E-state index in [-0.39, 0.29) is 11.2 Å². The zero-order valence-electron chi connectivity index (χ0n) is 10.4. The van der Waals surface area contributed by atoms with E-state index in [1.165, 1.54) is 19.2 Å². The maximum absolute atomic E-state index is 13.8. The van der Waals surface area contributed by atoms with Crippen molar-refractivity contribution in [3.05, 3.63) is 34.2 Å². The lowest BCUT2D eigenvalue weighted by molar-refractivity contribution is 0.0594. The van der Waals surface area contributed by atoms with E-state index in [2.05, 4.69) is 25.7 Å². The second-order valence-electron chi connectivity index (χ2n) is 3.68. The number of halogens is 2. The van der Waals surface area contributed by atoms with Crippen molar-refractivity contribution in [3.8, 4) is 5.75 Å². The smallest absolute Gasteiger partial charge is 0.356 e. The van der Waals surface area contributed by atoms with Gasteiger partial charge in [0.15, 0.2) is 5.69 Å². The van der Waals surface area contributed by atoms with E-state index in [1.807, 2.05) is 0 Å². The molecule has 1 aromatic heterocycles. The summed E-state index contributed by atoms with van der Waals surface area (Å²) in [6.07, 6.45) is 0.